The van der Waals surface area contributed by atoms with E-state index >= 15 is 0 Å². The monoisotopic (exact) mass is 780 g/mol. The highest BCUT2D eigenvalue weighted by molar-refractivity contribution is 6.29. The number of halogens is 3. The first-order valence-corrected chi connectivity index (χ1v) is 20.1. The first-order valence-electron chi connectivity index (χ1n) is 20.1. The zero-order valence-corrected chi connectivity index (χ0v) is 32.5. The van der Waals surface area contributed by atoms with Gasteiger partial charge in [0.2, 0.25) is 0 Å². The summed E-state index contributed by atoms with van der Waals surface area (Å²) in [5.41, 5.74) is 9.63. The SMILES string of the molecule is Cc1ccc(-c2ccc3c(-c4cc5ccccc5c5ccccc45)c4cc(-c5ccc(OC(F)(F)F)cc5)ccc4c(-c4cc5ccccc5c5ccccc45)c3c2)cc1. The molecule has 1 nitrogen and oxygen atoms in total. The van der Waals surface area contributed by atoms with Crippen LogP contribution in [0.2, 0.25) is 0 Å². The van der Waals surface area contributed by atoms with Gasteiger partial charge >= 0.3 is 6.36 Å². The van der Waals surface area contributed by atoms with Gasteiger partial charge in [0.05, 0.1) is 0 Å². The van der Waals surface area contributed by atoms with E-state index in [4.69, 9.17) is 0 Å². The predicted octanol–water partition coefficient (Wildman–Crippen LogP) is 16.5. The average Bonchev–Trinajstić information content (AvgIpc) is 3.27. The minimum Gasteiger partial charge on any atom is -0.406 e. The summed E-state index contributed by atoms with van der Waals surface area (Å²) < 4.78 is 43.7. The first-order chi connectivity index (χ1) is 29.3. The van der Waals surface area contributed by atoms with E-state index in [1.165, 1.54) is 39.2 Å². The highest BCUT2D eigenvalue weighted by Gasteiger charge is 2.31. The average molecular weight is 781 g/mol. The summed E-state index contributed by atoms with van der Waals surface area (Å²) in [6.07, 6.45) is -4.77. The van der Waals surface area contributed by atoms with E-state index in [0.29, 0.717) is 0 Å². The van der Waals surface area contributed by atoms with Gasteiger partial charge in [-0.3, -0.25) is 0 Å². The molecule has 0 aromatic heterocycles. The topological polar surface area (TPSA) is 9.23 Å². The Kier molecular flexibility index (Phi) is 8.25. The number of aryl methyl sites for hydroxylation is 1. The second kappa shape index (κ2) is 13.9. The predicted molar refractivity (Wildman–Crippen MR) is 245 cm³/mol. The molecule has 0 unspecified atom stereocenters. The molecule has 0 radical (unpaired) electrons. The summed E-state index contributed by atoms with van der Waals surface area (Å²) in [5, 5.41) is 13.7. The molecule has 0 saturated heterocycles. The van der Waals surface area contributed by atoms with Gasteiger partial charge < -0.3 is 4.74 Å². The molecule has 0 spiro atoms. The number of hydrogen-bond acceptors (Lipinski definition) is 1. The number of alkyl halides is 3. The van der Waals surface area contributed by atoms with Gasteiger partial charge in [-0.25, -0.2) is 0 Å². The van der Waals surface area contributed by atoms with Gasteiger partial charge in [-0.1, -0.05) is 163 Å². The highest BCUT2D eigenvalue weighted by atomic mass is 19.4. The van der Waals surface area contributed by atoms with Crippen molar-refractivity contribution < 1.29 is 17.9 Å². The van der Waals surface area contributed by atoms with Crippen molar-refractivity contribution in [3.8, 4) is 50.3 Å². The minimum atomic E-state index is -4.77. The molecule has 0 bridgehead atoms. The Morgan fingerprint density at radius 3 is 1.17 bits per heavy atom. The van der Waals surface area contributed by atoms with Crippen molar-refractivity contribution in [3.05, 3.63) is 200 Å². The van der Waals surface area contributed by atoms with Gasteiger partial charge in [-0.15, -0.1) is 13.2 Å². The number of hydrogen-bond donors (Lipinski definition) is 0. The molecule has 0 heterocycles. The van der Waals surface area contributed by atoms with Gasteiger partial charge in [-0.2, -0.15) is 0 Å². The molecule has 0 saturated carbocycles. The van der Waals surface area contributed by atoms with Crippen LogP contribution in [0.15, 0.2) is 194 Å². The Morgan fingerprint density at radius 2 is 0.717 bits per heavy atom. The second-order valence-corrected chi connectivity index (χ2v) is 15.6. The molecule has 4 heteroatoms. The molecule has 11 aromatic rings. The zero-order chi connectivity index (χ0) is 40.5. The van der Waals surface area contributed by atoms with Gasteiger partial charge in [0, 0.05) is 0 Å². The second-order valence-electron chi connectivity index (χ2n) is 15.6. The van der Waals surface area contributed by atoms with Gasteiger partial charge in [0.25, 0.3) is 0 Å². The number of ether oxygens (including phenoxy) is 1. The lowest BCUT2D eigenvalue weighted by Gasteiger charge is -2.22. The lowest BCUT2D eigenvalue weighted by Crippen LogP contribution is -2.16. The molecule has 0 aliphatic heterocycles. The molecule has 0 aliphatic rings. The first kappa shape index (κ1) is 35.7. The van der Waals surface area contributed by atoms with E-state index in [1.54, 1.807) is 12.1 Å². The van der Waals surface area contributed by atoms with Crippen molar-refractivity contribution in [2.24, 2.45) is 0 Å². The number of benzene rings is 11. The Hall–Kier alpha value is -7.43. The third kappa shape index (κ3) is 6.03. The standard InChI is InChI=1S/C56H35F3O/c1-34-18-20-35(21-19-34)37-24-28-48-52(30-37)54(50-32-39-10-2-4-12-42(39)44-14-6-8-16-46(44)50)49-29-25-38(36-22-26-41(27-23-36)60-56(57,58)59)31-53(49)55(48)51-33-40-11-3-5-13-43(40)45-15-7-9-17-47(45)51/h2-33H,1H3. The lowest BCUT2D eigenvalue weighted by atomic mass is 9.81. The fourth-order valence-electron chi connectivity index (χ4n) is 9.29. The van der Waals surface area contributed by atoms with Crippen LogP contribution in [-0.2, 0) is 0 Å². The van der Waals surface area contributed by atoms with Crippen LogP contribution >= 0.6 is 0 Å². The van der Waals surface area contributed by atoms with Crippen LogP contribution in [0.25, 0.3) is 109 Å². The number of rotatable bonds is 5. The van der Waals surface area contributed by atoms with Crippen LogP contribution < -0.4 is 4.74 Å². The summed E-state index contributed by atoms with van der Waals surface area (Å²) >= 11 is 0. The fraction of sp³-hybridized carbons (Fsp3) is 0.0357. The maximum atomic E-state index is 13.2. The molecule has 0 aliphatic carbocycles. The third-order valence-corrected chi connectivity index (χ3v) is 12.0. The number of fused-ring (bicyclic) bond motifs is 8. The molecule has 0 N–H and O–H groups in total. The van der Waals surface area contributed by atoms with E-state index in [0.717, 1.165) is 87.6 Å². The molecule has 60 heavy (non-hydrogen) atoms. The van der Waals surface area contributed by atoms with Gasteiger partial charge in [0.15, 0.2) is 0 Å². The summed E-state index contributed by atoms with van der Waals surface area (Å²) in [7, 11) is 0. The molecule has 0 atom stereocenters. The Balaban J connectivity index is 1.31. The highest BCUT2D eigenvalue weighted by Crippen LogP contribution is 2.50. The van der Waals surface area contributed by atoms with E-state index in [9.17, 15) is 13.2 Å². The third-order valence-electron chi connectivity index (χ3n) is 12.0. The van der Waals surface area contributed by atoms with Crippen LogP contribution in [0, 0.1) is 6.92 Å². The normalized spacial score (nSPS) is 12.0. The summed E-state index contributed by atoms with van der Waals surface area (Å²) in [4.78, 5) is 0. The largest absolute Gasteiger partial charge is 0.573 e. The molecule has 0 amide bonds. The zero-order valence-electron chi connectivity index (χ0n) is 32.5. The maximum Gasteiger partial charge on any atom is 0.573 e. The quantitative estimate of drug-likeness (QED) is 0.125. The molecule has 0 fully saturated rings. The van der Waals surface area contributed by atoms with Crippen molar-refractivity contribution >= 4 is 64.6 Å². The van der Waals surface area contributed by atoms with Crippen LogP contribution in [0.1, 0.15) is 5.56 Å². The van der Waals surface area contributed by atoms with Gasteiger partial charge in [0.1, 0.15) is 5.75 Å². The van der Waals surface area contributed by atoms with E-state index in [-0.39, 0.29) is 5.75 Å². The van der Waals surface area contributed by atoms with Crippen molar-refractivity contribution in [2.75, 3.05) is 0 Å². The summed E-state index contributed by atoms with van der Waals surface area (Å²) in [6.45, 7) is 2.11. The molecule has 11 rings (SSSR count). The molecular weight excluding hydrogens is 746 g/mol. The molecular formula is C56H35F3O. The Labute approximate surface area is 344 Å². The van der Waals surface area contributed by atoms with Crippen molar-refractivity contribution in [3.63, 3.8) is 0 Å². The van der Waals surface area contributed by atoms with Crippen molar-refractivity contribution in [1.29, 1.82) is 0 Å². The summed E-state index contributed by atoms with van der Waals surface area (Å²) in [5.74, 6) is -0.254. The molecule has 286 valence electrons. The van der Waals surface area contributed by atoms with Gasteiger partial charge in [-0.05, 0) is 152 Å². The lowest BCUT2D eigenvalue weighted by molar-refractivity contribution is -0.274. The van der Waals surface area contributed by atoms with Crippen molar-refractivity contribution in [2.45, 2.75) is 13.3 Å². The Morgan fingerprint density at radius 1 is 0.333 bits per heavy atom. The van der Waals surface area contributed by atoms with Crippen LogP contribution in [0.4, 0.5) is 13.2 Å². The van der Waals surface area contributed by atoms with Crippen molar-refractivity contribution in [1.82, 2.24) is 0 Å². The van der Waals surface area contributed by atoms with E-state index in [2.05, 4.69) is 182 Å². The fourth-order valence-corrected chi connectivity index (χ4v) is 9.29. The van der Waals surface area contributed by atoms with E-state index in [1.807, 2.05) is 0 Å². The van der Waals surface area contributed by atoms with Crippen LogP contribution in [0.5, 0.6) is 5.75 Å². The maximum absolute atomic E-state index is 13.2. The molecule has 11 aromatic carbocycles. The smallest absolute Gasteiger partial charge is 0.406 e. The van der Waals surface area contributed by atoms with E-state index < -0.39 is 6.36 Å². The Bertz CT molecular complexity index is 3490. The summed E-state index contributed by atoms with van der Waals surface area (Å²) in [6, 6.07) is 67.3. The van der Waals surface area contributed by atoms with Crippen LogP contribution in [-0.4, -0.2) is 6.36 Å². The minimum absolute atomic E-state index is 0.254. The van der Waals surface area contributed by atoms with Crippen LogP contribution in [0.3, 0.4) is 0 Å².